The highest BCUT2D eigenvalue weighted by Crippen LogP contribution is 2.24. The van der Waals surface area contributed by atoms with Crippen LogP contribution in [-0.4, -0.2) is 31.0 Å². The van der Waals surface area contributed by atoms with Gasteiger partial charge in [0.15, 0.2) is 5.79 Å². The summed E-state index contributed by atoms with van der Waals surface area (Å²) in [6, 6.07) is 0. The van der Waals surface area contributed by atoms with Gasteiger partial charge in [0, 0.05) is 17.9 Å². The van der Waals surface area contributed by atoms with E-state index in [0.29, 0.717) is 30.7 Å². The van der Waals surface area contributed by atoms with Gasteiger partial charge in [0.1, 0.15) is 0 Å². The first kappa shape index (κ1) is 24.3. The van der Waals surface area contributed by atoms with E-state index in [1.165, 1.54) is 0 Å². The summed E-state index contributed by atoms with van der Waals surface area (Å²) in [7, 11) is -3.85. The average molecular weight is 396 g/mol. The van der Waals surface area contributed by atoms with Crippen LogP contribution in [0.15, 0.2) is 34.9 Å². The van der Waals surface area contributed by atoms with Crippen LogP contribution in [0.2, 0.25) is 0 Å². The number of allylic oxidation sites excluding steroid dienone is 5. The minimum atomic E-state index is -3.85. The molecule has 0 saturated heterocycles. The largest absolute Gasteiger partial charge is 0.366 e. The second kappa shape index (κ2) is 11.8. The highest BCUT2D eigenvalue weighted by molar-refractivity contribution is 7.84. The molecule has 25 heavy (non-hydrogen) atoms. The zero-order valence-electron chi connectivity index (χ0n) is 15.0. The Hall–Kier alpha value is -0.700. The molecule has 0 spiro atoms. The van der Waals surface area contributed by atoms with Gasteiger partial charge in [-0.05, 0) is 50.7 Å². The fourth-order valence-corrected chi connectivity index (χ4v) is 3.05. The van der Waals surface area contributed by atoms with Crippen LogP contribution < -0.4 is 5.14 Å². The molecule has 1 saturated carbocycles. The molecule has 1 fully saturated rings. The Morgan fingerprint density at radius 2 is 1.84 bits per heavy atom. The van der Waals surface area contributed by atoms with E-state index in [0.717, 1.165) is 30.4 Å². The van der Waals surface area contributed by atoms with Crippen molar-refractivity contribution in [2.45, 2.75) is 64.6 Å². The summed E-state index contributed by atoms with van der Waals surface area (Å²) >= 11 is 5.96. The minimum Gasteiger partial charge on any atom is -0.366 e. The summed E-state index contributed by atoms with van der Waals surface area (Å²) in [4.78, 5) is 0. The third-order valence-corrected chi connectivity index (χ3v) is 4.46. The maximum absolute atomic E-state index is 10.5. The Labute approximate surface area is 156 Å². The number of hydrogen-bond acceptors (Lipinski definition) is 5. The van der Waals surface area contributed by atoms with Crippen LogP contribution in [0.1, 0.15) is 58.8 Å². The zero-order valence-corrected chi connectivity index (χ0v) is 16.6. The molecule has 0 heterocycles. The van der Waals surface area contributed by atoms with Crippen molar-refractivity contribution in [3.8, 4) is 0 Å². The van der Waals surface area contributed by atoms with E-state index in [4.69, 9.17) is 27.0 Å². The Morgan fingerprint density at radius 1 is 1.28 bits per heavy atom. The van der Waals surface area contributed by atoms with Gasteiger partial charge in [-0.2, -0.15) is 8.42 Å². The van der Waals surface area contributed by atoms with Gasteiger partial charge in [-0.25, -0.2) is 5.14 Å². The quantitative estimate of drug-likeness (QED) is 0.348. The van der Waals surface area contributed by atoms with Crippen LogP contribution in [0.4, 0.5) is 0 Å². The first-order valence-electron chi connectivity index (χ1n) is 8.25. The van der Waals surface area contributed by atoms with Gasteiger partial charge in [0.05, 0.1) is 6.61 Å². The van der Waals surface area contributed by atoms with E-state index in [1.807, 2.05) is 13.0 Å². The normalized spacial score (nSPS) is 18.7. The molecule has 146 valence electrons. The van der Waals surface area contributed by atoms with Crippen molar-refractivity contribution in [1.29, 1.82) is 0 Å². The molecule has 6 nitrogen and oxygen atoms in total. The predicted molar refractivity (Wildman–Crippen MR) is 101 cm³/mol. The van der Waals surface area contributed by atoms with Crippen molar-refractivity contribution in [3.05, 3.63) is 34.9 Å². The molecule has 0 aromatic carbocycles. The molecule has 0 amide bonds. The monoisotopic (exact) mass is 395 g/mol. The number of rotatable bonds is 7. The topological polar surface area (TPSA) is 110 Å². The molecule has 0 bridgehead atoms. The fraction of sp³-hybridized carbons (Fsp3) is 0.647. The summed E-state index contributed by atoms with van der Waals surface area (Å²) in [6.07, 6.45) is 8.89. The third kappa shape index (κ3) is 13.2. The second-order valence-corrected chi connectivity index (χ2v) is 7.85. The number of hydrogen-bond donors (Lipinski definition) is 3. The zero-order chi connectivity index (χ0) is 19.5. The van der Waals surface area contributed by atoms with E-state index in [-0.39, 0.29) is 6.61 Å². The van der Waals surface area contributed by atoms with Crippen LogP contribution in [0.5, 0.6) is 0 Å². The lowest BCUT2D eigenvalue weighted by molar-refractivity contribution is -0.180. The van der Waals surface area contributed by atoms with Gasteiger partial charge < -0.3 is 10.2 Å². The molecule has 0 radical (unpaired) electrons. The predicted octanol–water partition coefficient (Wildman–Crippen LogP) is 3.26. The summed E-state index contributed by atoms with van der Waals surface area (Å²) in [5.41, 5.74) is 1.97. The lowest BCUT2D eigenvalue weighted by atomic mass is 9.95. The highest BCUT2D eigenvalue weighted by atomic mass is 35.5. The standard InChI is InChI=1S/C11H18ClNO3S.C6H12O2/c1-4-6-9(2)11(10(3)12)7-5-8-16-17(13,14)15;7-6(8)4-2-1-3-5-6/h4,6H,1,5,7-8H2,2-3H3,(H2,13,14,15);7-8H,1-5H2/b9-6-,11-10+;. The van der Waals surface area contributed by atoms with Gasteiger partial charge in [-0.3, -0.25) is 4.18 Å². The molecule has 1 aliphatic rings. The summed E-state index contributed by atoms with van der Waals surface area (Å²) in [5.74, 6) is -1.32. The molecule has 0 aliphatic heterocycles. The average Bonchev–Trinajstić information content (AvgIpc) is 2.46. The van der Waals surface area contributed by atoms with E-state index in [1.54, 1.807) is 13.0 Å². The molecule has 1 rings (SSSR count). The third-order valence-electron chi connectivity index (χ3n) is 3.73. The van der Waals surface area contributed by atoms with E-state index < -0.39 is 16.1 Å². The molecule has 1 aliphatic carbocycles. The Bertz CT molecular complexity index is 570. The molecular weight excluding hydrogens is 366 g/mol. The molecule has 0 aromatic heterocycles. The van der Waals surface area contributed by atoms with Gasteiger partial charge in [-0.1, -0.05) is 36.8 Å². The van der Waals surface area contributed by atoms with Crippen LogP contribution in [0.3, 0.4) is 0 Å². The van der Waals surface area contributed by atoms with Crippen LogP contribution >= 0.6 is 11.6 Å². The van der Waals surface area contributed by atoms with Crippen molar-refractivity contribution in [3.63, 3.8) is 0 Å². The van der Waals surface area contributed by atoms with Gasteiger partial charge in [-0.15, -0.1) is 0 Å². The Balaban J connectivity index is 0.000000593. The maximum Gasteiger partial charge on any atom is 0.333 e. The molecule has 0 atom stereocenters. The van der Waals surface area contributed by atoms with Crippen LogP contribution in [0.25, 0.3) is 0 Å². The van der Waals surface area contributed by atoms with E-state index in [9.17, 15) is 8.42 Å². The van der Waals surface area contributed by atoms with Crippen molar-refractivity contribution in [2.75, 3.05) is 6.61 Å². The van der Waals surface area contributed by atoms with Crippen molar-refractivity contribution >= 4 is 21.9 Å². The highest BCUT2D eigenvalue weighted by Gasteiger charge is 2.24. The van der Waals surface area contributed by atoms with Crippen molar-refractivity contribution < 1.29 is 22.8 Å². The van der Waals surface area contributed by atoms with Crippen LogP contribution in [0, 0.1) is 0 Å². The SMILES string of the molecule is C=C/C=C(C)\C(CCCOS(N)(=O)=O)=C(/C)Cl.OC1(O)CCCCC1. The first-order valence-corrected chi connectivity index (χ1v) is 10.1. The van der Waals surface area contributed by atoms with Crippen molar-refractivity contribution in [2.24, 2.45) is 5.14 Å². The number of aliphatic hydroxyl groups is 2. The second-order valence-electron chi connectivity index (χ2n) is 6.06. The molecule has 0 unspecified atom stereocenters. The molecule has 0 aromatic rings. The molecule has 8 heteroatoms. The van der Waals surface area contributed by atoms with Gasteiger partial charge >= 0.3 is 10.3 Å². The summed E-state index contributed by atoms with van der Waals surface area (Å²) < 4.78 is 25.5. The van der Waals surface area contributed by atoms with Crippen molar-refractivity contribution in [1.82, 2.24) is 0 Å². The van der Waals surface area contributed by atoms with E-state index >= 15 is 0 Å². The molecule has 4 N–H and O–H groups in total. The first-order chi connectivity index (χ1) is 11.5. The lowest BCUT2D eigenvalue weighted by Gasteiger charge is -2.25. The molecular formula is C17H30ClNO5S. The number of halogens is 1. The van der Waals surface area contributed by atoms with Gasteiger partial charge in [0.25, 0.3) is 0 Å². The lowest BCUT2D eigenvalue weighted by Crippen LogP contribution is -2.30. The smallest absolute Gasteiger partial charge is 0.333 e. The summed E-state index contributed by atoms with van der Waals surface area (Å²) in [5, 5.41) is 23.2. The van der Waals surface area contributed by atoms with Gasteiger partial charge in [0.2, 0.25) is 0 Å². The minimum absolute atomic E-state index is 0.0495. The Morgan fingerprint density at radius 3 is 2.20 bits per heavy atom. The maximum atomic E-state index is 10.5. The Kier molecular flexibility index (Phi) is 11.5. The summed E-state index contributed by atoms with van der Waals surface area (Å²) in [6.45, 7) is 7.37. The van der Waals surface area contributed by atoms with Crippen LogP contribution in [-0.2, 0) is 14.5 Å². The fourth-order valence-electron chi connectivity index (χ4n) is 2.46. The van der Waals surface area contributed by atoms with E-state index in [2.05, 4.69) is 10.8 Å². The number of nitrogens with two attached hydrogens (primary N) is 1.